The van der Waals surface area contributed by atoms with Crippen LogP contribution in [0.4, 0.5) is 0 Å². The van der Waals surface area contributed by atoms with E-state index in [1.54, 1.807) is 0 Å². The lowest BCUT2D eigenvalue weighted by atomic mass is 9.83. The summed E-state index contributed by atoms with van der Waals surface area (Å²) in [5.41, 5.74) is 0. The first-order chi connectivity index (χ1) is 6.81. The Morgan fingerprint density at radius 3 is 2.60 bits per heavy atom. The van der Waals surface area contributed by atoms with Gasteiger partial charge in [0.1, 0.15) is 0 Å². The van der Waals surface area contributed by atoms with E-state index in [9.17, 15) is 4.80 Å². The molecule has 1 aliphatic heterocycles. The first-order valence-corrected chi connectivity index (χ1v) is 9.14. The largest absolute Gasteiger partial charge is 0.432 e. The molecule has 1 heterocycles. The average Bonchev–Trinajstić information content (AvgIpc) is 2.80. The van der Waals surface area contributed by atoms with E-state index in [4.69, 9.17) is 4.74 Å². The molecule has 2 rings (SSSR count). The lowest BCUT2D eigenvalue weighted by molar-refractivity contribution is 0.277. The molecule has 15 heavy (non-hydrogen) atoms. The fraction of sp³-hybridized carbons (Fsp3) is 1.00. The first kappa shape index (κ1) is 11.6. The highest BCUT2D eigenvalue weighted by Gasteiger charge is 2.50. The minimum Gasteiger partial charge on any atom is -0.432 e. The highest BCUT2D eigenvalue weighted by Crippen LogP contribution is 2.49. The third kappa shape index (κ3) is 2.29. The summed E-state index contributed by atoms with van der Waals surface area (Å²) in [6, 6.07) is 0. The molecule has 2 nitrogen and oxygen atoms in total. The normalized spacial score (nSPS) is 36.2. The summed E-state index contributed by atoms with van der Waals surface area (Å²) in [4.78, 5) is 10.3. The predicted molar refractivity (Wildman–Crippen MR) is 64.4 cm³/mol. The van der Waals surface area contributed by atoms with Crippen molar-refractivity contribution in [2.75, 3.05) is 0 Å². The third-order valence-electron chi connectivity index (χ3n) is 4.58. The second kappa shape index (κ2) is 3.57. The highest BCUT2D eigenvalue weighted by atomic mass is 28.4. The number of epoxide rings is 1. The Balaban J connectivity index is 1.96. The van der Waals surface area contributed by atoms with E-state index in [1.165, 1.54) is 19.3 Å². The summed E-state index contributed by atoms with van der Waals surface area (Å²) < 4.78 is 5.68. The van der Waals surface area contributed by atoms with E-state index in [1.807, 2.05) is 0 Å². The highest BCUT2D eigenvalue weighted by molar-refractivity contribution is 6.72. The van der Waals surface area contributed by atoms with Crippen molar-refractivity contribution in [3.8, 4) is 0 Å². The summed E-state index contributed by atoms with van der Waals surface area (Å²) in [7, 11) is -2.04. The number of rotatable bonds is 3. The molecule has 2 aliphatic rings. The van der Waals surface area contributed by atoms with Crippen LogP contribution in [0.25, 0.3) is 0 Å². The van der Waals surface area contributed by atoms with Crippen LogP contribution in [0.15, 0.2) is 0 Å². The van der Waals surface area contributed by atoms with Crippen molar-refractivity contribution in [2.24, 2.45) is 5.92 Å². The molecule has 0 aromatic rings. The van der Waals surface area contributed by atoms with Crippen LogP contribution in [0.2, 0.25) is 18.1 Å². The van der Waals surface area contributed by atoms with Gasteiger partial charge in [0.25, 0.3) is 0 Å². The molecule has 3 heteroatoms. The summed E-state index contributed by atoms with van der Waals surface area (Å²) in [5, 5.41) is 0.117. The smallest absolute Gasteiger partial charge is 0.188 e. The number of ether oxygens (including phenoxy) is 1. The Kier molecular flexibility index (Phi) is 2.77. The van der Waals surface area contributed by atoms with Crippen molar-refractivity contribution in [1.29, 1.82) is 0 Å². The Bertz CT molecular complexity index is 244. The van der Waals surface area contributed by atoms with E-state index < -0.39 is 8.32 Å². The molecule has 1 saturated carbocycles. The molecule has 0 spiro atoms. The van der Waals surface area contributed by atoms with Crippen LogP contribution in [0.3, 0.4) is 0 Å². The zero-order chi connectivity index (χ0) is 11.3. The van der Waals surface area contributed by atoms with Crippen LogP contribution in [0.5, 0.6) is 0 Å². The number of hydrogen-bond donors (Lipinski definition) is 1. The van der Waals surface area contributed by atoms with Crippen LogP contribution in [-0.4, -0.2) is 25.3 Å². The minimum absolute atomic E-state index is 0.117. The molecule has 1 aliphatic carbocycles. The molecule has 0 radical (unpaired) electrons. The minimum atomic E-state index is -2.04. The van der Waals surface area contributed by atoms with E-state index in [0.29, 0.717) is 18.1 Å². The SMILES string of the molecule is CC(C)(C[C@H]1CCC[C@H]2OC12)[Si](C)(C)O. The molecule has 0 amide bonds. The van der Waals surface area contributed by atoms with Gasteiger partial charge in [-0.3, -0.25) is 0 Å². The lowest BCUT2D eigenvalue weighted by Crippen LogP contribution is -2.41. The van der Waals surface area contributed by atoms with Crippen LogP contribution in [-0.2, 0) is 4.74 Å². The summed E-state index contributed by atoms with van der Waals surface area (Å²) in [5.74, 6) is 0.706. The maximum atomic E-state index is 10.3. The van der Waals surface area contributed by atoms with Gasteiger partial charge in [-0.05, 0) is 43.3 Å². The number of fused-ring (bicyclic) bond motifs is 1. The van der Waals surface area contributed by atoms with E-state index in [2.05, 4.69) is 26.9 Å². The van der Waals surface area contributed by atoms with Crippen molar-refractivity contribution < 1.29 is 9.53 Å². The van der Waals surface area contributed by atoms with E-state index in [0.717, 1.165) is 6.42 Å². The van der Waals surface area contributed by atoms with Gasteiger partial charge in [-0.2, -0.15) is 0 Å². The molecule has 1 N–H and O–H groups in total. The molecule has 0 aromatic carbocycles. The van der Waals surface area contributed by atoms with Gasteiger partial charge in [0.15, 0.2) is 8.32 Å². The van der Waals surface area contributed by atoms with Crippen molar-refractivity contribution >= 4 is 8.32 Å². The lowest BCUT2D eigenvalue weighted by Gasteiger charge is -2.38. The van der Waals surface area contributed by atoms with Gasteiger partial charge in [-0.25, -0.2) is 0 Å². The van der Waals surface area contributed by atoms with Gasteiger partial charge >= 0.3 is 0 Å². The molecule has 1 saturated heterocycles. The standard InChI is InChI=1S/C12H24O2Si/c1-12(2,15(3,4)13)8-9-6-5-7-10-11(9)14-10/h9-11,13H,5-8H2,1-4H3/t9-,10-,11?/m1/s1. The van der Waals surface area contributed by atoms with Gasteiger partial charge in [0.05, 0.1) is 12.2 Å². The van der Waals surface area contributed by atoms with Crippen LogP contribution < -0.4 is 0 Å². The fourth-order valence-corrected chi connectivity index (χ4v) is 3.43. The Morgan fingerprint density at radius 2 is 2.00 bits per heavy atom. The average molecular weight is 228 g/mol. The molecule has 2 fully saturated rings. The topological polar surface area (TPSA) is 32.8 Å². The Hall–Kier alpha value is 0.137. The Morgan fingerprint density at radius 1 is 1.33 bits per heavy atom. The van der Waals surface area contributed by atoms with Gasteiger partial charge in [-0.15, -0.1) is 0 Å². The molecular formula is C12H24O2Si. The van der Waals surface area contributed by atoms with Crippen molar-refractivity contribution in [2.45, 2.75) is 69.9 Å². The molecule has 88 valence electrons. The van der Waals surface area contributed by atoms with Crippen LogP contribution in [0.1, 0.15) is 39.5 Å². The summed E-state index contributed by atoms with van der Waals surface area (Å²) in [6.45, 7) is 8.57. The zero-order valence-corrected chi connectivity index (χ0v) is 11.4. The van der Waals surface area contributed by atoms with E-state index >= 15 is 0 Å². The second-order valence-electron chi connectivity index (χ2n) is 6.48. The van der Waals surface area contributed by atoms with Crippen LogP contribution >= 0.6 is 0 Å². The molecule has 1 unspecified atom stereocenters. The van der Waals surface area contributed by atoms with Crippen molar-refractivity contribution in [3.05, 3.63) is 0 Å². The van der Waals surface area contributed by atoms with Gasteiger partial charge in [-0.1, -0.05) is 20.3 Å². The maximum Gasteiger partial charge on any atom is 0.188 e. The molecular weight excluding hydrogens is 204 g/mol. The molecule has 0 aromatic heterocycles. The maximum absolute atomic E-state index is 10.3. The summed E-state index contributed by atoms with van der Waals surface area (Å²) >= 11 is 0. The molecule has 0 bridgehead atoms. The first-order valence-electron chi connectivity index (χ1n) is 6.19. The third-order valence-corrected chi connectivity index (χ3v) is 8.10. The Labute approximate surface area is 94.2 Å². The second-order valence-corrected chi connectivity index (χ2v) is 10.9. The number of hydrogen-bond acceptors (Lipinski definition) is 2. The van der Waals surface area contributed by atoms with Crippen molar-refractivity contribution in [1.82, 2.24) is 0 Å². The zero-order valence-electron chi connectivity index (χ0n) is 10.4. The van der Waals surface area contributed by atoms with Gasteiger partial charge < -0.3 is 9.53 Å². The van der Waals surface area contributed by atoms with Crippen molar-refractivity contribution in [3.63, 3.8) is 0 Å². The fourth-order valence-electron chi connectivity index (χ4n) is 2.67. The van der Waals surface area contributed by atoms with E-state index in [-0.39, 0.29) is 5.04 Å². The molecule has 3 atom stereocenters. The predicted octanol–water partition coefficient (Wildman–Crippen LogP) is 2.92. The quantitative estimate of drug-likeness (QED) is 0.595. The van der Waals surface area contributed by atoms with Gasteiger partial charge in [0.2, 0.25) is 0 Å². The van der Waals surface area contributed by atoms with Gasteiger partial charge in [0, 0.05) is 0 Å². The van der Waals surface area contributed by atoms with Crippen LogP contribution in [0, 0.1) is 5.92 Å². The summed E-state index contributed by atoms with van der Waals surface area (Å²) in [6.07, 6.45) is 6.13. The monoisotopic (exact) mass is 228 g/mol.